The Balaban J connectivity index is 1.38. The second-order valence-electron chi connectivity index (χ2n) is 11.7. The summed E-state index contributed by atoms with van der Waals surface area (Å²) in [6.45, 7) is 6.10. The predicted molar refractivity (Wildman–Crippen MR) is 137 cm³/mol. The Kier molecular flexibility index (Phi) is 6.68. The number of rotatable bonds is 7. The van der Waals surface area contributed by atoms with Crippen LogP contribution in [0, 0.1) is 23.2 Å². The quantitative estimate of drug-likeness (QED) is 0.503. The van der Waals surface area contributed by atoms with Crippen molar-refractivity contribution in [1.82, 2.24) is 20.4 Å². The Morgan fingerprint density at radius 1 is 1.19 bits per heavy atom. The molecule has 1 aliphatic heterocycles. The molecular formula is C26H38N6O5. The fraction of sp³-hybridized carbons (Fsp3) is 0.692. The SMILES string of the molecule is COC(=O)NC(C)(C)/C=C/n1ncc(C(=O)NC2C3CC4CC2CC(C(N)=O)(C4)C3)c1N1CCOCC1. The number of amides is 3. The van der Waals surface area contributed by atoms with Crippen LogP contribution in [0.15, 0.2) is 12.3 Å². The number of carbonyl (C=O) groups is 3. The molecule has 6 rings (SSSR count). The first-order valence-corrected chi connectivity index (χ1v) is 13.2. The fourth-order valence-corrected chi connectivity index (χ4v) is 7.12. The van der Waals surface area contributed by atoms with E-state index in [0.29, 0.717) is 43.6 Å². The minimum Gasteiger partial charge on any atom is -0.453 e. The van der Waals surface area contributed by atoms with E-state index >= 15 is 0 Å². The monoisotopic (exact) mass is 514 g/mol. The summed E-state index contributed by atoms with van der Waals surface area (Å²) in [5.41, 5.74) is 5.26. The Morgan fingerprint density at radius 3 is 2.49 bits per heavy atom. The van der Waals surface area contributed by atoms with Gasteiger partial charge in [0, 0.05) is 30.7 Å². The molecule has 2 heterocycles. The number of nitrogens with one attached hydrogen (secondary N) is 2. The van der Waals surface area contributed by atoms with Crippen LogP contribution in [0.25, 0.3) is 6.20 Å². The van der Waals surface area contributed by atoms with Crippen LogP contribution in [-0.4, -0.2) is 72.7 Å². The zero-order chi connectivity index (χ0) is 26.4. The van der Waals surface area contributed by atoms with Crippen LogP contribution in [0.2, 0.25) is 0 Å². The molecule has 1 aromatic rings. The zero-order valence-corrected chi connectivity index (χ0v) is 21.9. The number of nitrogens with zero attached hydrogens (tertiary/aromatic N) is 3. The van der Waals surface area contributed by atoms with Crippen LogP contribution < -0.4 is 21.3 Å². The number of alkyl carbamates (subject to hydrolysis) is 1. The summed E-state index contributed by atoms with van der Waals surface area (Å²) in [7, 11) is 1.32. The molecule has 4 saturated carbocycles. The normalized spacial score (nSPS) is 30.9. The minimum absolute atomic E-state index is 0.0381. The second kappa shape index (κ2) is 9.66. The highest BCUT2D eigenvalue weighted by atomic mass is 16.5. The minimum atomic E-state index is -0.694. The molecule has 4 bridgehead atoms. The number of primary amides is 1. The van der Waals surface area contributed by atoms with E-state index in [9.17, 15) is 14.4 Å². The Morgan fingerprint density at radius 2 is 1.86 bits per heavy atom. The number of hydrogen-bond donors (Lipinski definition) is 3. The van der Waals surface area contributed by atoms with E-state index < -0.39 is 17.0 Å². The lowest BCUT2D eigenvalue weighted by Crippen LogP contribution is -2.62. The molecule has 1 saturated heterocycles. The van der Waals surface area contributed by atoms with Crippen LogP contribution in [-0.2, 0) is 14.3 Å². The molecule has 4 aliphatic carbocycles. The molecule has 3 amide bonds. The molecule has 5 fully saturated rings. The summed E-state index contributed by atoms with van der Waals surface area (Å²) in [5, 5.41) is 10.6. The number of nitrogens with two attached hydrogens (primary N) is 1. The summed E-state index contributed by atoms with van der Waals surface area (Å²) < 4.78 is 11.9. The van der Waals surface area contributed by atoms with Crippen molar-refractivity contribution >= 4 is 29.9 Å². The summed E-state index contributed by atoms with van der Waals surface area (Å²) in [6.07, 6.45) is 9.15. The van der Waals surface area contributed by atoms with Gasteiger partial charge in [-0.2, -0.15) is 5.10 Å². The van der Waals surface area contributed by atoms with Crippen LogP contribution >= 0.6 is 0 Å². The average Bonchev–Trinajstić information content (AvgIpc) is 3.29. The second-order valence-corrected chi connectivity index (χ2v) is 11.7. The maximum Gasteiger partial charge on any atom is 0.407 e. The van der Waals surface area contributed by atoms with Crippen LogP contribution in [0.4, 0.5) is 10.6 Å². The third-order valence-corrected chi connectivity index (χ3v) is 8.66. The fourth-order valence-electron chi connectivity index (χ4n) is 7.12. The number of anilines is 1. The lowest BCUT2D eigenvalue weighted by atomic mass is 9.47. The Hall–Kier alpha value is -3.08. The molecule has 11 nitrogen and oxygen atoms in total. The van der Waals surface area contributed by atoms with Crippen molar-refractivity contribution < 1.29 is 23.9 Å². The molecule has 11 heteroatoms. The molecule has 2 unspecified atom stereocenters. The lowest BCUT2D eigenvalue weighted by Gasteiger charge is -2.58. The van der Waals surface area contributed by atoms with Gasteiger partial charge < -0.3 is 30.7 Å². The highest BCUT2D eigenvalue weighted by Crippen LogP contribution is 2.60. The maximum atomic E-state index is 13.7. The number of aromatic nitrogens is 2. The van der Waals surface area contributed by atoms with Gasteiger partial charge in [-0.25, -0.2) is 9.48 Å². The molecule has 5 aliphatic rings. The van der Waals surface area contributed by atoms with Crippen LogP contribution in [0.5, 0.6) is 0 Å². The van der Waals surface area contributed by atoms with E-state index in [-0.39, 0.29) is 29.7 Å². The summed E-state index contributed by atoms with van der Waals surface area (Å²) in [6, 6.07) is 0.0381. The van der Waals surface area contributed by atoms with E-state index in [2.05, 4.69) is 20.6 Å². The summed E-state index contributed by atoms with van der Waals surface area (Å²) in [5.74, 6) is 1.44. The molecule has 1 aromatic heterocycles. The summed E-state index contributed by atoms with van der Waals surface area (Å²) in [4.78, 5) is 39.8. The zero-order valence-electron chi connectivity index (χ0n) is 21.9. The van der Waals surface area contributed by atoms with Crippen molar-refractivity contribution in [3.05, 3.63) is 17.8 Å². The number of carbonyl (C=O) groups excluding carboxylic acids is 3. The van der Waals surface area contributed by atoms with Gasteiger partial charge in [0.05, 0.1) is 32.1 Å². The van der Waals surface area contributed by atoms with Crippen molar-refractivity contribution in [2.24, 2.45) is 28.9 Å². The Bertz CT molecular complexity index is 1080. The highest BCUT2D eigenvalue weighted by Gasteiger charge is 2.58. The van der Waals surface area contributed by atoms with Gasteiger partial charge in [0.15, 0.2) is 0 Å². The first-order valence-electron chi connectivity index (χ1n) is 13.2. The molecule has 2 atom stereocenters. The van der Waals surface area contributed by atoms with Gasteiger partial charge >= 0.3 is 6.09 Å². The molecule has 0 spiro atoms. The van der Waals surface area contributed by atoms with Crippen molar-refractivity contribution in [3.63, 3.8) is 0 Å². The van der Waals surface area contributed by atoms with Crippen molar-refractivity contribution in [2.45, 2.75) is 57.5 Å². The molecule has 4 N–H and O–H groups in total. The highest BCUT2D eigenvalue weighted by molar-refractivity contribution is 5.99. The van der Waals surface area contributed by atoms with E-state index in [1.165, 1.54) is 7.11 Å². The smallest absolute Gasteiger partial charge is 0.407 e. The molecular weight excluding hydrogens is 476 g/mol. The Labute approximate surface area is 217 Å². The van der Waals surface area contributed by atoms with Gasteiger partial charge in [0.2, 0.25) is 5.91 Å². The largest absolute Gasteiger partial charge is 0.453 e. The van der Waals surface area contributed by atoms with Gasteiger partial charge in [-0.05, 0) is 69.8 Å². The molecule has 0 radical (unpaired) electrons. The predicted octanol–water partition coefficient (Wildman–Crippen LogP) is 1.74. The first-order chi connectivity index (χ1) is 17.6. The number of morpholine rings is 1. The molecule has 202 valence electrons. The first kappa shape index (κ1) is 25.6. The van der Waals surface area contributed by atoms with Crippen molar-refractivity contribution in [1.29, 1.82) is 0 Å². The number of hydrogen-bond acceptors (Lipinski definition) is 7. The van der Waals surface area contributed by atoms with Gasteiger partial charge in [-0.1, -0.05) is 0 Å². The maximum absolute atomic E-state index is 13.7. The van der Waals surface area contributed by atoms with Crippen LogP contribution in [0.3, 0.4) is 0 Å². The third kappa shape index (κ3) is 4.93. The van der Waals surface area contributed by atoms with Gasteiger partial charge in [-0.15, -0.1) is 0 Å². The average molecular weight is 515 g/mol. The van der Waals surface area contributed by atoms with E-state index in [1.54, 1.807) is 17.1 Å². The van der Waals surface area contributed by atoms with E-state index in [1.807, 2.05) is 19.9 Å². The molecule has 0 aromatic carbocycles. The number of ether oxygens (including phenoxy) is 2. The van der Waals surface area contributed by atoms with Gasteiger partial charge in [0.1, 0.15) is 11.4 Å². The van der Waals surface area contributed by atoms with Gasteiger partial charge in [0.25, 0.3) is 5.91 Å². The third-order valence-electron chi connectivity index (χ3n) is 8.66. The van der Waals surface area contributed by atoms with Gasteiger partial charge in [-0.3, -0.25) is 9.59 Å². The van der Waals surface area contributed by atoms with E-state index in [0.717, 1.165) is 32.1 Å². The van der Waals surface area contributed by atoms with Crippen molar-refractivity contribution in [3.8, 4) is 0 Å². The molecule has 37 heavy (non-hydrogen) atoms. The topological polar surface area (TPSA) is 141 Å². The standard InChI is InChI=1S/C26H38N6O5/c1-25(2,30-24(35)36-3)4-5-32-22(31-6-8-37-9-7-31)19(15-28-32)21(33)29-20-17-10-16-11-18(20)14-26(12-16,13-17)23(27)34/h4-5,15-18,20H,6-14H2,1-3H3,(H2,27,34)(H,29,33)(H,30,35)/b5-4+. The van der Waals surface area contributed by atoms with E-state index in [4.69, 9.17) is 15.2 Å². The van der Waals surface area contributed by atoms with Crippen LogP contribution in [0.1, 0.15) is 56.3 Å². The number of methoxy groups -OCH3 is 1. The lowest BCUT2D eigenvalue weighted by molar-refractivity contribution is -0.145. The summed E-state index contributed by atoms with van der Waals surface area (Å²) >= 11 is 0. The van der Waals surface area contributed by atoms with Crippen molar-refractivity contribution in [2.75, 3.05) is 38.3 Å².